The lowest BCUT2D eigenvalue weighted by molar-refractivity contribution is -0.143. The molecule has 3 heterocycles. The molecule has 7 nitrogen and oxygen atoms in total. The Labute approximate surface area is 198 Å². The molecule has 0 radical (unpaired) electrons. The van der Waals surface area contributed by atoms with Crippen LogP contribution in [0, 0.1) is 17.8 Å². The van der Waals surface area contributed by atoms with Crippen LogP contribution in [0.3, 0.4) is 0 Å². The Morgan fingerprint density at radius 2 is 2.00 bits per heavy atom. The molecule has 3 aliphatic heterocycles. The van der Waals surface area contributed by atoms with Crippen molar-refractivity contribution in [3.8, 4) is 0 Å². The van der Waals surface area contributed by atoms with Crippen molar-refractivity contribution in [2.24, 2.45) is 17.8 Å². The molecule has 3 aliphatic rings. The van der Waals surface area contributed by atoms with Crippen LogP contribution in [0.15, 0.2) is 0 Å². The summed E-state index contributed by atoms with van der Waals surface area (Å²) in [4.78, 5) is 42.0. The van der Waals surface area contributed by atoms with Gasteiger partial charge in [-0.1, -0.05) is 43.1 Å². The third-order valence-corrected chi connectivity index (χ3v) is 10.2. The molecule has 176 valence electrons. The summed E-state index contributed by atoms with van der Waals surface area (Å²) in [5.41, 5.74) is 0. The first kappa shape index (κ1) is 24.8. The Balaban J connectivity index is 2.05. The molecule has 0 aromatic heterocycles. The van der Waals surface area contributed by atoms with Crippen LogP contribution in [-0.2, 0) is 14.4 Å². The summed E-state index contributed by atoms with van der Waals surface area (Å²) in [7, 11) is 1.60. The van der Waals surface area contributed by atoms with Crippen LogP contribution in [0.5, 0.6) is 0 Å². The Kier molecular flexibility index (Phi) is 7.69. The second-order valence-electron chi connectivity index (χ2n) is 9.69. The van der Waals surface area contributed by atoms with E-state index in [1.54, 1.807) is 23.7 Å². The fourth-order valence-corrected chi connectivity index (χ4v) is 9.47. The minimum absolute atomic E-state index is 0.000634. The summed E-state index contributed by atoms with van der Waals surface area (Å²) in [5, 5.41) is 16.0. The van der Waals surface area contributed by atoms with E-state index in [0.29, 0.717) is 12.8 Å². The van der Waals surface area contributed by atoms with Gasteiger partial charge in [-0.25, -0.2) is 0 Å². The van der Waals surface area contributed by atoms with Crippen LogP contribution in [-0.4, -0.2) is 74.3 Å². The SMILES string of the molecule is CCCC(C)NC(=O)C1N([C@@H](CO)CC(C)C)C(=O)[C@@H]2[C@H](C(=O)NC)[C@H]3SC12CC3Br. The third kappa shape index (κ3) is 4.14. The molecule has 0 aromatic carbocycles. The number of alkyl halides is 1. The number of nitrogens with zero attached hydrogens (tertiary/aromatic N) is 1. The molecule has 3 N–H and O–H groups in total. The average Bonchev–Trinajstić information content (AvgIpc) is 3.29. The number of carbonyl (C=O) groups excluding carboxylic acids is 3. The number of aliphatic hydroxyl groups is 1. The second-order valence-corrected chi connectivity index (χ2v) is 12.4. The summed E-state index contributed by atoms with van der Waals surface area (Å²) >= 11 is 5.37. The predicted molar refractivity (Wildman–Crippen MR) is 126 cm³/mol. The van der Waals surface area contributed by atoms with Crippen LogP contribution in [0.2, 0.25) is 0 Å². The van der Waals surface area contributed by atoms with E-state index in [-0.39, 0.29) is 46.4 Å². The van der Waals surface area contributed by atoms with Crippen molar-refractivity contribution in [3.05, 3.63) is 0 Å². The van der Waals surface area contributed by atoms with Gasteiger partial charge in [0.2, 0.25) is 17.7 Å². The summed E-state index contributed by atoms with van der Waals surface area (Å²) < 4.78 is -0.659. The van der Waals surface area contributed by atoms with Gasteiger partial charge in [0.15, 0.2) is 0 Å². The number of nitrogens with one attached hydrogen (secondary N) is 2. The van der Waals surface area contributed by atoms with Crippen molar-refractivity contribution in [2.75, 3.05) is 13.7 Å². The Bertz CT molecular complexity index is 723. The number of rotatable bonds is 9. The molecule has 3 amide bonds. The van der Waals surface area contributed by atoms with Crippen molar-refractivity contribution in [2.45, 2.75) is 86.3 Å². The predicted octanol–water partition coefficient (Wildman–Crippen LogP) is 1.91. The average molecular weight is 519 g/mol. The normalized spacial score (nSPS) is 35.9. The van der Waals surface area contributed by atoms with Crippen molar-refractivity contribution in [3.63, 3.8) is 0 Å². The summed E-state index contributed by atoms with van der Waals surface area (Å²) in [6, 6.07) is -1.13. The number of likely N-dealkylation sites (tertiary alicyclic amines) is 1. The molecule has 2 bridgehead atoms. The smallest absolute Gasteiger partial charge is 0.244 e. The number of hydrogen-bond acceptors (Lipinski definition) is 5. The number of carbonyl (C=O) groups is 3. The summed E-state index contributed by atoms with van der Waals surface area (Å²) in [5.74, 6) is -1.24. The molecule has 3 saturated heterocycles. The number of halogens is 1. The van der Waals surface area contributed by atoms with Gasteiger partial charge in [-0.05, 0) is 32.1 Å². The fraction of sp³-hybridized carbons (Fsp3) is 0.864. The summed E-state index contributed by atoms with van der Waals surface area (Å²) in [6.45, 7) is 7.95. The zero-order chi connectivity index (χ0) is 23.1. The number of amides is 3. The molecule has 4 unspecified atom stereocenters. The minimum Gasteiger partial charge on any atom is -0.394 e. The topological polar surface area (TPSA) is 98.7 Å². The van der Waals surface area contributed by atoms with Crippen molar-refractivity contribution >= 4 is 45.4 Å². The molecular weight excluding hydrogens is 482 g/mol. The molecule has 0 aromatic rings. The molecule has 31 heavy (non-hydrogen) atoms. The first-order chi connectivity index (χ1) is 14.6. The van der Waals surface area contributed by atoms with Crippen LogP contribution in [0.4, 0.5) is 0 Å². The van der Waals surface area contributed by atoms with Gasteiger partial charge in [0, 0.05) is 23.2 Å². The Morgan fingerprint density at radius 3 is 2.55 bits per heavy atom. The van der Waals surface area contributed by atoms with Gasteiger partial charge >= 0.3 is 0 Å². The van der Waals surface area contributed by atoms with E-state index in [1.807, 2.05) is 20.8 Å². The van der Waals surface area contributed by atoms with Gasteiger partial charge in [-0.3, -0.25) is 14.4 Å². The van der Waals surface area contributed by atoms with Crippen molar-refractivity contribution in [1.29, 1.82) is 0 Å². The quantitative estimate of drug-likeness (QED) is 0.405. The maximum atomic E-state index is 13.8. The van der Waals surface area contributed by atoms with Gasteiger partial charge < -0.3 is 20.6 Å². The van der Waals surface area contributed by atoms with Gasteiger partial charge in [0.05, 0.1) is 29.2 Å². The van der Waals surface area contributed by atoms with E-state index >= 15 is 0 Å². The van der Waals surface area contributed by atoms with Crippen molar-refractivity contribution in [1.82, 2.24) is 15.5 Å². The second kappa shape index (κ2) is 9.59. The lowest BCUT2D eigenvalue weighted by Gasteiger charge is -2.38. The van der Waals surface area contributed by atoms with Gasteiger partial charge in [0.25, 0.3) is 0 Å². The highest BCUT2D eigenvalue weighted by atomic mass is 79.9. The Morgan fingerprint density at radius 1 is 1.32 bits per heavy atom. The molecule has 3 fully saturated rings. The lowest BCUT2D eigenvalue weighted by Crippen LogP contribution is -2.58. The van der Waals surface area contributed by atoms with E-state index in [9.17, 15) is 19.5 Å². The number of fused-ring (bicyclic) bond motifs is 1. The molecule has 9 heteroatoms. The Hall–Kier alpha value is -0.800. The number of aliphatic hydroxyl groups excluding tert-OH is 1. The highest BCUT2D eigenvalue weighted by Crippen LogP contribution is 2.68. The maximum Gasteiger partial charge on any atom is 0.244 e. The third-order valence-electron chi connectivity index (χ3n) is 6.98. The molecule has 3 rings (SSSR count). The van der Waals surface area contributed by atoms with Gasteiger partial charge in [-0.15, -0.1) is 11.8 Å². The standard InChI is InChI=1S/C22H36BrN3O4S/c1-6-7-12(4)25-20(29)18-22-9-14(23)17(31-22)15(19(28)24-5)16(22)21(30)26(18)13(10-27)8-11(2)3/h11-18,27H,6-10H2,1-5H3,(H,24,28)(H,25,29)/t12?,13-,14?,15+,16+,17+,18?,22?/m1/s1. The molecule has 0 aliphatic carbocycles. The zero-order valence-electron chi connectivity index (χ0n) is 19.1. The highest BCUT2D eigenvalue weighted by molar-refractivity contribution is 9.09. The van der Waals surface area contributed by atoms with Crippen LogP contribution in [0.25, 0.3) is 0 Å². The van der Waals surface area contributed by atoms with Crippen LogP contribution >= 0.6 is 27.7 Å². The van der Waals surface area contributed by atoms with E-state index in [2.05, 4.69) is 33.5 Å². The largest absolute Gasteiger partial charge is 0.394 e. The highest BCUT2D eigenvalue weighted by Gasteiger charge is 2.76. The lowest BCUT2D eigenvalue weighted by atomic mass is 9.70. The first-order valence-corrected chi connectivity index (χ1v) is 13.2. The number of thioether (sulfide) groups is 1. The fourth-order valence-electron chi connectivity index (χ4n) is 5.87. The van der Waals surface area contributed by atoms with Crippen LogP contribution in [0.1, 0.15) is 53.4 Å². The van der Waals surface area contributed by atoms with Crippen molar-refractivity contribution < 1.29 is 19.5 Å². The molecule has 8 atom stereocenters. The zero-order valence-corrected chi connectivity index (χ0v) is 21.5. The molecule has 0 saturated carbocycles. The van der Waals surface area contributed by atoms with E-state index in [1.165, 1.54) is 0 Å². The number of hydrogen-bond donors (Lipinski definition) is 3. The maximum absolute atomic E-state index is 13.8. The molecular formula is C22H36BrN3O4S. The van der Waals surface area contributed by atoms with Gasteiger partial charge in [0.1, 0.15) is 6.04 Å². The summed E-state index contributed by atoms with van der Waals surface area (Å²) in [6.07, 6.45) is 3.07. The van der Waals surface area contributed by atoms with Gasteiger partial charge in [-0.2, -0.15) is 0 Å². The van der Waals surface area contributed by atoms with E-state index in [0.717, 1.165) is 12.8 Å². The first-order valence-electron chi connectivity index (χ1n) is 11.4. The monoisotopic (exact) mass is 517 g/mol. The minimum atomic E-state index is -0.690. The van der Waals surface area contributed by atoms with Crippen LogP contribution < -0.4 is 10.6 Å². The molecule has 1 spiro atoms. The van der Waals surface area contributed by atoms with E-state index in [4.69, 9.17) is 0 Å². The van der Waals surface area contributed by atoms with E-state index < -0.39 is 28.7 Å².